The highest BCUT2D eigenvalue weighted by Gasteiger charge is 2.34. The Bertz CT molecular complexity index is 217. The highest BCUT2D eigenvalue weighted by Crippen LogP contribution is 2.25. The lowest BCUT2D eigenvalue weighted by Crippen LogP contribution is -2.61. The summed E-state index contributed by atoms with van der Waals surface area (Å²) in [6.45, 7) is 13.4. The number of hydrogen-bond donors (Lipinski definition) is 1. The van der Waals surface area contributed by atoms with Crippen LogP contribution in [0.4, 0.5) is 0 Å². The van der Waals surface area contributed by atoms with Gasteiger partial charge >= 0.3 is 0 Å². The Labute approximate surface area is 101 Å². The van der Waals surface area contributed by atoms with Gasteiger partial charge in [-0.15, -0.1) is 0 Å². The average molecular weight is 227 g/mol. The molecule has 0 bridgehead atoms. The van der Waals surface area contributed by atoms with E-state index in [1.54, 1.807) is 0 Å². The topological polar surface area (TPSA) is 32.5 Å². The third kappa shape index (κ3) is 3.19. The SMILES string of the molecule is CC(C)CC(C)(CN)N1CCN(C)C(C)C1. The molecular weight excluding hydrogens is 198 g/mol. The van der Waals surface area contributed by atoms with Crippen molar-refractivity contribution in [2.45, 2.75) is 45.7 Å². The zero-order chi connectivity index (χ0) is 12.3. The molecule has 0 aliphatic carbocycles. The van der Waals surface area contributed by atoms with Gasteiger partial charge in [-0.2, -0.15) is 0 Å². The molecule has 1 aliphatic rings. The van der Waals surface area contributed by atoms with Crippen molar-refractivity contribution < 1.29 is 0 Å². The third-order valence-corrected chi connectivity index (χ3v) is 4.01. The second-order valence-electron chi connectivity index (χ2n) is 6.07. The largest absolute Gasteiger partial charge is 0.329 e. The van der Waals surface area contributed by atoms with Crippen LogP contribution in [-0.4, -0.2) is 54.6 Å². The second kappa shape index (κ2) is 5.48. The third-order valence-electron chi connectivity index (χ3n) is 4.01. The van der Waals surface area contributed by atoms with Gasteiger partial charge < -0.3 is 10.6 Å². The van der Waals surface area contributed by atoms with Gasteiger partial charge in [0.15, 0.2) is 0 Å². The van der Waals surface area contributed by atoms with Crippen LogP contribution in [0.1, 0.15) is 34.1 Å². The molecule has 0 amide bonds. The summed E-state index contributed by atoms with van der Waals surface area (Å²) in [4.78, 5) is 5.03. The van der Waals surface area contributed by atoms with Crippen LogP contribution in [0.3, 0.4) is 0 Å². The van der Waals surface area contributed by atoms with E-state index in [4.69, 9.17) is 5.73 Å². The van der Waals surface area contributed by atoms with Crippen LogP contribution in [0, 0.1) is 5.92 Å². The summed E-state index contributed by atoms with van der Waals surface area (Å²) in [6, 6.07) is 0.645. The molecule has 16 heavy (non-hydrogen) atoms. The van der Waals surface area contributed by atoms with Crippen LogP contribution in [0.15, 0.2) is 0 Å². The zero-order valence-electron chi connectivity index (χ0n) is 11.7. The van der Waals surface area contributed by atoms with Crippen LogP contribution in [0.25, 0.3) is 0 Å². The van der Waals surface area contributed by atoms with Crippen molar-refractivity contribution in [2.24, 2.45) is 11.7 Å². The first kappa shape index (κ1) is 13.9. The summed E-state index contributed by atoms with van der Waals surface area (Å²) in [5.74, 6) is 0.712. The van der Waals surface area contributed by atoms with Gasteiger partial charge in [-0.05, 0) is 33.2 Å². The fourth-order valence-corrected chi connectivity index (χ4v) is 2.76. The van der Waals surface area contributed by atoms with Crippen LogP contribution in [0.5, 0.6) is 0 Å². The maximum absolute atomic E-state index is 6.01. The maximum atomic E-state index is 6.01. The molecule has 0 aromatic carbocycles. The Morgan fingerprint density at radius 1 is 1.38 bits per heavy atom. The van der Waals surface area contributed by atoms with Crippen molar-refractivity contribution in [3.8, 4) is 0 Å². The Balaban J connectivity index is 2.66. The maximum Gasteiger partial charge on any atom is 0.0307 e. The van der Waals surface area contributed by atoms with Crippen LogP contribution < -0.4 is 5.73 Å². The van der Waals surface area contributed by atoms with Gasteiger partial charge in [-0.3, -0.25) is 4.90 Å². The monoisotopic (exact) mass is 227 g/mol. The van der Waals surface area contributed by atoms with Crippen molar-refractivity contribution in [3.63, 3.8) is 0 Å². The van der Waals surface area contributed by atoms with E-state index < -0.39 is 0 Å². The summed E-state index contributed by atoms with van der Waals surface area (Å²) in [5.41, 5.74) is 6.20. The van der Waals surface area contributed by atoms with Gasteiger partial charge in [-0.25, -0.2) is 0 Å². The molecule has 0 spiro atoms. The number of hydrogen-bond acceptors (Lipinski definition) is 3. The highest BCUT2D eigenvalue weighted by molar-refractivity contribution is 4.92. The second-order valence-corrected chi connectivity index (χ2v) is 6.07. The minimum Gasteiger partial charge on any atom is -0.329 e. The molecule has 1 saturated heterocycles. The van der Waals surface area contributed by atoms with Gasteiger partial charge in [0.25, 0.3) is 0 Å². The van der Waals surface area contributed by atoms with Crippen LogP contribution in [0.2, 0.25) is 0 Å². The van der Waals surface area contributed by atoms with E-state index in [0.717, 1.165) is 26.2 Å². The smallest absolute Gasteiger partial charge is 0.0307 e. The summed E-state index contributed by atoms with van der Waals surface area (Å²) < 4.78 is 0. The molecule has 0 aromatic heterocycles. The van der Waals surface area contributed by atoms with Crippen molar-refractivity contribution in [3.05, 3.63) is 0 Å². The number of piperazine rings is 1. The molecule has 96 valence electrons. The standard InChI is InChI=1S/C13H29N3/c1-11(2)8-13(4,10-14)16-7-6-15(5)12(3)9-16/h11-12H,6-10,14H2,1-5H3. The van der Waals surface area contributed by atoms with Crippen molar-refractivity contribution in [1.82, 2.24) is 9.80 Å². The number of rotatable bonds is 4. The van der Waals surface area contributed by atoms with Gasteiger partial charge in [0, 0.05) is 37.8 Å². The fraction of sp³-hybridized carbons (Fsp3) is 1.00. The summed E-state index contributed by atoms with van der Waals surface area (Å²) in [7, 11) is 2.21. The molecule has 0 saturated carbocycles. The number of nitrogens with zero attached hydrogens (tertiary/aromatic N) is 2. The Kier molecular flexibility index (Phi) is 4.77. The minimum atomic E-state index is 0.184. The van der Waals surface area contributed by atoms with Gasteiger partial charge in [0.1, 0.15) is 0 Å². The zero-order valence-corrected chi connectivity index (χ0v) is 11.7. The van der Waals surface area contributed by atoms with E-state index in [1.807, 2.05) is 0 Å². The predicted molar refractivity (Wildman–Crippen MR) is 70.6 cm³/mol. The number of likely N-dealkylation sites (N-methyl/N-ethyl adjacent to an activating group) is 1. The first-order chi connectivity index (χ1) is 7.39. The lowest BCUT2D eigenvalue weighted by atomic mass is 9.88. The van der Waals surface area contributed by atoms with Crippen LogP contribution in [-0.2, 0) is 0 Å². The predicted octanol–water partition coefficient (Wildman–Crippen LogP) is 1.39. The van der Waals surface area contributed by atoms with Crippen molar-refractivity contribution in [2.75, 3.05) is 33.2 Å². The Morgan fingerprint density at radius 2 is 2.00 bits per heavy atom. The fourth-order valence-electron chi connectivity index (χ4n) is 2.76. The molecule has 0 aromatic rings. The first-order valence-corrected chi connectivity index (χ1v) is 6.54. The van der Waals surface area contributed by atoms with E-state index >= 15 is 0 Å². The molecule has 1 fully saturated rings. The number of nitrogens with two attached hydrogens (primary N) is 1. The van der Waals surface area contributed by atoms with E-state index in [0.29, 0.717) is 12.0 Å². The normalized spacial score (nSPS) is 28.3. The molecule has 3 heteroatoms. The Hall–Kier alpha value is -0.120. The first-order valence-electron chi connectivity index (χ1n) is 6.54. The molecule has 1 heterocycles. The average Bonchev–Trinajstić information content (AvgIpc) is 2.21. The molecule has 2 unspecified atom stereocenters. The van der Waals surface area contributed by atoms with E-state index in [2.05, 4.69) is 44.5 Å². The van der Waals surface area contributed by atoms with Crippen molar-refractivity contribution >= 4 is 0 Å². The molecule has 1 rings (SSSR count). The van der Waals surface area contributed by atoms with Gasteiger partial charge in [0.2, 0.25) is 0 Å². The molecule has 3 nitrogen and oxygen atoms in total. The van der Waals surface area contributed by atoms with Crippen LogP contribution >= 0.6 is 0 Å². The summed E-state index contributed by atoms with van der Waals surface area (Å²) in [5, 5.41) is 0. The van der Waals surface area contributed by atoms with Crippen molar-refractivity contribution in [1.29, 1.82) is 0 Å². The molecule has 2 N–H and O–H groups in total. The van der Waals surface area contributed by atoms with E-state index in [-0.39, 0.29) is 5.54 Å². The minimum absolute atomic E-state index is 0.184. The summed E-state index contributed by atoms with van der Waals surface area (Å²) in [6.07, 6.45) is 1.19. The molecule has 1 aliphatic heterocycles. The van der Waals surface area contributed by atoms with Gasteiger partial charge in [-0.1, -0.05) is 13.8 Å². The highest BCUT2D eigenvalue weighted by atomic mass is 15.3. The van der Waals surface area contributed by atoms with E-state index in [9.17, 15) is 0 Å². The summed E-state index contributed by atoms with van der Waals surface area (Å²) >= 11 is 0. The lowest BCUT2D eigenvalue weighted by molar-refractivity contribution is 0.0169. The molecule has 2 atom stereocenters. The lowest BCUT2D eigenvalue weighted by Gasteiger charge is -2.48. The Morgan fingerprint density at radius 3 is 2.44 bits per heavy atom. The van der Waals surface area contributed by atoms with E-state index in [1.165, 1.54) is 6.42 Å². The quantitative estimate of drug-likeness (QED) is 0.788. The molecule has 0 radical (unpaired) electrons. The van der Waals surface area contributed by atoms with Gasteiger partial charge in [0.05, 0.1) is 0 Å². The molecular formula is C13H29N3.